The van der Waals surface area contributed by atoms with Gasteiger partial charge in [0.05, 0.1) is 18.7 Å². The Morgan fingerprint density at radius 2 is 1.55 bits per heavy atom. The SMILES string of the molecule is COc1cccc(N2C(=O)[C@@H]3C(C(=O)C(c4ccccc4)c4ccccc4)=NN[C@@H]3C2=O)c1. The minimum Gasteiger partial charge on any atom is -0.497 e. The number of anilines is 1. The fourth-order valence-electron chi connectivity index (χ4n) is 4.43. The van der Waals surface area contributed by atoms with Crippen LogP contribution in [0.5, 0.6) is 5.75 Å². The average Bonchev–Trinajstić information content (AvgIpc) is 3.40. The Kier molecular flexibility index (Phi) is 5.22. The van der Waals surface area contributed by atoms with Gasteiger partial charge in [0.25, 0.3) is 5.91 Å². The van der Waals surface area contributed by atoms with Gasteiger partial charge in [-0.05, 0) is 23.3 Å². The quantitative estimate of drug-likeness (QED) is 0.597. The standard InChI is InChI=1S/C26H21N3O4/c1-33-19-14-8-13-18(15-19)29-25(31)21-22(27-28-23(21)26(29)32)24(30)20(16-9-4-2-5-10-16)17-11-6-3-7-12-17/h2-15,20-21,23,28H,1H3/t21-,23+/m1/s1. The van der Waals surface area contributed by atoms with Crippen LogP contribution in [0.2, 0.25) is 0 Å². The molecular weight excluding hydrogens is 418 g/mol. The van der Waals surface area contributed by atoms with E-state index in [1.807, 2.05) is 60.7 Å². The summed E-state index contributed by atoms with van der Waals surface area (Å²) in [6, 6.07) is 24.5. The molecule has 0 bridgehead atoms. The van der Waals surface area contributed by atoms with E-state index in [1.54, 1.807) is 24.3 Å². The van der Waals surface area contributed by atoms with Gasteiger partial charge in [0.1, 0.15) is 23.4 Å². The van der Waals surface area contributed by atoms with Crippen molar-refractivity contribution >= 4 is 29.0 Å². The Balaban J connectivity index is 1.51. The van der Waals surface area contributed by atoms with Crippen LogP contribution >= 0.6 is 0 Å². The van der Waals surface area contributed by atoms with Crippen LogP contribution in [0.25, 0.3) is 0 Å². The van der Waals surface area contributed by atoms with Crippen LogP contribution in [0.3, 0.4) is 0 Å². The minimum absolute atomic E-state index is 0.0708. The molecule has 1 N–H and O–H groups in total. The molecule has 1 saturated heterocycles. The second kappa shape index (κ2) is 8.35. The van der Waals surface area contributed by atoms with Crippen LogP contribution in [0.15, 0.2) is 90.0 Å². The predicted octanol–water partition coefficient (Wildman–Crippen LogP) is 2.91. The van der Waals surface area contributed by atoms with Gasteiger partial charge in [-0.2, -0.15) is 5.10 Å². The van der Waals surface area contributed by atoms with E-state index in [1.165, 1.54) is 7.11 Å². The van der Waals surface area contributed by atoms with Crippen LogP contribution in [0.4, 0.5) is 5.69 Å². The number of hydrazone groups is 1. The van der Waals surface area contributed by atoms with E-state index in [4.69, 9.17) is 4.74 Å². The number of amides is 2. The number of nitrogens with zero attached hydrogens (tertiary/aromatic N) is 2. The summed E-state index contributed by atoms with van der Waals surface area (Å²) < 4.78 is 5.22. The van der Waals surface area contributed by atoms with Crippen LogP contribution in [0.1, 0.15) is 17.0 Å². The summed E-state index contributed by atoms with van der Waals surface area (Å²) in [5, 5.41) is 4.18. The molecule has 0 saturated carbocycles. The van der Waals surface area contributed by atoms with Crippen molar-refractivity contribution in [2.45, 2.75) is 12.0 Å². The summed E-state index contributed by atoms with van der Waals surface area (Å²) in [5.74, 6) is -2.32. The number of nitrogens with one attached hydrogen (secondary N) is 1. The highest BCUT2D eigenvalue weighted by molar-refractivity contribution is 6.50. The lowest BCUT2D eigenvalue weighted by Gasteiger charge is -2.19. The van der Waals surface area contributed by atoms with E-state index in [0.717, 1.165) is 16.0 Å². The van der Waals surface area contributed by atoms with E-state index >= 15 is 0 Å². The number of fused-ring (bicyclic) bond motifs is 1. The lowest BCUT2D eigenvalue weighted by atomic mass is 9.82. The largest absolute Gasteiger partial charge is 0.497 e. The molecule has 7 heteroatoms. The number of ketones is 1. The number of imide groups is 1. The van der Waals surface area contributed by atoms with E-state index in [-0.39, 0.29) is 11.5 Å². The Labute approximate surface area is 190 Å². The molecule has 33 heavy (non-hydrogen) atoms. The van der Waals surface area contributed by atoms with E-state index in [0.29, 0.717) is 11.4 Å². The molecule has 2 aliphatic heterocycles. The second-order valence-corrected chi connectivity index (χ2v) is 7.91. The van der Waals surface area contributed by atoms with Crippen molar-refractivity contribution in [3.05, 3.63) is 96.1 Å². The number of hydrogen-bond donors (Lipinski definition) is 1. The summed E-state index contributed by atoms with van der Waals surface area (Å²) in [7, 11) is 1.51. The van der Waals surface area contributed by atoms with Crippen molar-refractivity contribution in [1.29, 1.82) is 0 Å². The molecule has 3 aromatic carbocycles. The monoisotopic (exact) mass is 439 g/mol. The summed E-state index contributed by atoms with van der Waals surface area (Å²) in [5.41, 5.74) is 4.79. The first-order chi connectivity index (χ1) is 16.1. The molecule has 7 nitrogen and oxygen atoms in total. The topological polar surface area (TPSA) is 88.1 Å². The molecule has 5 rings (SSSR count). The highest BCUT2D eigenvalue weighted by atomic mass is 16.5. The first-order valence-electron chi connectivity index (χ1n) is 10.6. The molecule has 3 aromatic rings. The zero-order chi connectivity index (χ0) is 22.9. The third kappa shape index (κ3) is 3.47. The molecule has 0 aromatic heterocycles. The van der Waals surface area contributed by atoms with E-state index < -0.39 is 29.7 Å². The van der Waals surface area contributed by atoms with E-state index in [9.17, 15) is 14.4 Å². The molecule has 1 fully saturated rings. The number of carbonyl (C=O) groups is 3. The molecule has 164 valence electrons. The molecule has 0 aliphatic carbocycles. The van der Waals surface area contributed by atoms with Gasteiger partial charge >= 0.3 is 0 Å². The second-order valence-electron chi connectivity index (χ2n) is 7.91. The van der Waals surface area contributed by atoms with Crippen molar-refractivity contribution in [3.8, 4) is 5.75 Å². The summed E-state index contributed by atoms with van der Waals surface area (Å²) in [6.07, 6.45) is 0. The van der Waals surface area contributed by atoms with Gasteiger partial charge in [-0.25, -0.2) is 4.90 Å². The number of rotatable bonds is 6. The molecule has 0 spiro atoms. The number of Topliss-reactive ketones (excluding diaryl/α,β-unsaturated/α-hetero) is 1. The Bertz CT molecular complexity index is 1220. The van der Waals surface area contributed by atoms with Gasteiger partial charge in [0.2, 0.25) is 5.91 Å². The number of methoxy groups -OCH3 is 1. The molecule has 2 amide bonds. The van der Waals surface area contributed by atoms with Crippen molar-refractivity contribution in [1.82, 2.24) is 5.43 Å². The number of benzene rings is 3. The van der Waals surface area contributed by atoms with Gasteiger partial charge in [-0.3, -0.25) is 19.8 Å². The van der Waals surface area contributed by atoms with E-state index in [2.05, 4.69) is 10.5 Å². The lowest BCUT2D eigenvalue weighted by Crippen LogP contribution is -2.36. The fraction of sp³-hybridized carbons (Fsp3) is 0.154. The third-order valence-corrected chi connectivity index (χ3v) is 6.02. The zero-order valence-corrected chi connectivity index (χ0v) is 17.8. The Morgan fingerprint density at radius 3 is 2.15 bits per heavy atom. The lowest BCUT2D eigenvalue weighted by molar-refractivity contribution is -0.122. The molecule has 0 radical (unpaired) electrons. The number of ether oxygens (including phenoxy) is 1. The molecule has 2 atom stereocenters. The van der Waals surface area contributed by atoms with Gasteiger partial charge in [-0.1, -0.05) is 66.7 Å². The normalized spacial score (nSPS) is 19.3. The van der Waals surface area contributed by atoms with Crippen LogP contribution in [0, 0.1) is 5.92 Å². The fourth-order valence-corrected chi connectivity index (χ4v) is 4.43. The third-order valence-electron chi connectivity index (χ3n) is 6.02. The van der Waals surface area contributed by atoms with Crippen LogP contribution < -0.4 is 15.1 Å². The van der Waals surface area contributed by atoms with Crippen LogP contribution in [-0.4, -0.2) is 36.5 Å². The van der Waals surface area contributed by atoms with Crippen molar-refractivity contribution in [2.24, 2.45) is 11.0 Å². The van der Waals surface area contributed by atoms with Crippen molar-refractivity contribution < 1.29 is 19.1 Å². The maximum Gasteiger partial charge on any atom is 0.259 e. The smallest absolute Gasteiger partial charge is 0.259 e. The van der Waals surface area contributed by atoms with Crippen LogP contribution in [-0.2, 0) is 14.4 Å². The highest BCUT2D eigenvalue weighted by Crippen LogP contribution is 2.35. The predicted molar refractivity (Wildman–Crippen MR) is 123 cm³/mol. The molecule has 0 unspecified atom stereocenters. The van der Waals surface area contributed by atoms with Gasteiger partial charge in [0, 0.05) is 6.07 Å². The van der Waals surface area contributed by atoms with Crippen molar-refractivity contribution in [3.63, 3.8) is 0 Å². The zero-order valence-electron chi connectivity index (χ0n) is 17.8. The molecule has 2 aliphatic rings. The number of carbonyl (C=O) groups excluding carboxylic acids is 3. The Hall–Kier alpha value is -4.26. The highest BCUT2D eigenvalue weighted by Gasteiger charge is 2.56. The number of hydrogen-bond acceptors (Lipinski definition) is 6. The minimum atomic E-state index is -0.980. The van der Waals surface area contributed by atoms with Gasteiger partial charge < -0.3 is 4.74 Å². The van der Waals surface area contributed by atoms with Gasteiger partial charge in [-0.15, -0.1) is 0 Å². The maximum absolute atomic E-state index is 13.8. The van der Waals surface area contributed by atoms with Crippen molar-refractivity contribution in [2.75, 3.05) is 12.0 Å². The first-order valence-corrected chi connectivity index (χ1v) is 10.6. The summed E-state index contributed by atoms with van der Waals surface area (Å²) in [4.78, 5) is 41.4. The summed E-state index contributed by atoms with van der Waals surface area (Å²) >= 11 is 0. The molecular formula is C26H21N3O4. The summed E-state index contributed by atoms with van der Waals surface area (Å²) in [6.45, 7) is 0. The van der Waals surface area contributed by atoms with Gasteiger partial charge in [0.15, 0.2) is 5.78 Å². The average molecular weight is 439 g/mol. The first kappa shape index (κ1) is 20.6. The maximum atomic E-state index is 13.8. The Morgan fingerprint density at radius 1 is 0.909 bits per heavy atom. The molecule has 2 heterocycles.